The smallest absolute Gasteiger partial charge is 0.246 e. The van der Waals surface area contributed by atoms with Gasteiger partial charge in [0.15, 0.2) is 0 Å². The zero-order valence-corrected chi connectivity index (χ0v) is 13.5. The molecule has 0 saturated carbocycles. The minimum Gasteiger partial charge on any atom is -0.368 e. The highest BCUT2D eigenvalue weighted by molar-refractivity contribution is 9.10. The third-order valence-corrected chi connectivity index (χ3v) is 4.99. The number of hydrogen-bond acceptors (Lipinski definition) is 3. The number of fused-ring (bicyclic) bond motifs is 1. The molecule has 20 heavy (non-hydrogen) atoms. The van der Waals surface area contributed by atoms with Gasteiger partial charge < -0.3 is 15.5 Å². The molecule has 1 aromatic carbocycles. The van der Waals surface area contributed by atoms with Crippen molar-refractivity contribution in [2.45, 2.75) is 38.3 Å². The molecule has 2 aliphatic heterocycles. The molecule has 2 aliphatic rings. The third-order valence-electron chi connectivity index (χ3n) is 4.35. The van der Waals surface area contributed by atoms with Gasteiger partial charge in [0.05, 0.1) is 5.69 Å². The normalized spacial score (nSPS) is 25.6. The monoisotopic (exact) mass is 337 g/mol. The number of carbonyl (C=O) groups is 1. The van der Waals surface area contributed by atoms with Gasteiger partial charge in [-0.05, 0) is 61.3 Å². The van der Waals surface area contributed by atoms with Crippen molar-refractivity contribution in [1.82, 2.24) is 5.32 Å². The van der Waals surface area contributed by atoms with Crippen LogP contribution in [0.2, 0.25) is 0 Å². The minimum atomic E-state index is -0.242. The zero-order valence-electron chi connectivity index (χ0n) is 11.9. The topological polar surface area (TPSA) is 44.4 Å². The van der Waals surface area contributed by atoms with Crippen molar-refractivity contribution in [1.29, 1.82) is 0 Å². The predicted octanol–water partition coefficient (Wildman–Crippen LogP) is 3.04. The first-order valence-electron chi connectivity index (χ1n) is 7.20. The van der Waals surface area contributed by atoms with Crippen LogP contribution >= 0.6 is 15.9 Å². The van der Waals surface area contributed by atoms with Gasteiger partial charge in [-0.3, -0.25) is 4.79 Å². The number of hydrogen-bond donors (Lipinski definition) is 2. The van der Waals surface area contributed by atoms with Crippen LogP contribution in [-0.4, -0.2) is 25.5 Å². The van der Waals surface area contributed by atoms with Crippen LogP contribution in [0.15, 0.2) is 16.6 Å². The maximum absolute atomic E-state index is 11.9. The summed E-state index contributed by atoms with van der Waals surface area (Å²) in [4.78, 5) is 14.4. The maximum Gasteiger partial charge on any atom is 0.246 e. The zero-order chi connectivity index (χ0) is 14.3. The number of anilines is 2. The Labute approximate surface area is 128 Å². The van der Waals surface area contributed by atoms with Gasteiger partial charge in [0.25, 0.3) is 0 Å². The molecule has 1 fully saturated rings. The number of nitrogens with zero attached hydrogens (tertiary/aromatic N) is 1. The molecule has 4 nitrogen and oxygen atoms in total. The Morgan fingerprint density at radius 3 is 2.90 bits per heavy atom. The first-order chi connectivity index (χ1) is 9.61. The van der Waals surface area contributed by atoms with Crippen molar-refractivity contribution in [2.75, 3.05) is 23.8 Å². The van der Waals surface area contributed by atoms with Crippen molar-refractivity contribution in [3.8, 4) is 0 Å². The lowest BCUT2D eigenvalue weighted by molar-refractivity contribution is -0.117. The number of likely N-dealkylation sites (N-methyl/N-ethyl adjacent to an activating group) is 1. The highest BCUT2D eigenvalue weighted by atomic mass is 79.9. The number of benzene rings is 1. The number of piperidine rings is 1. The summed E-state index contributed by atoms with van der Waals surface area (Å²) in [6.45, 7) is 3.36. The van der Waals surface area contributed by atoms with Crippen LogP contribution in [0.4, 0.5) is 11.4 Å². The first-order valence-corrected chi connectivity index (χ1v) is 7.99. The van der Waals surface area contributed by atoms with Crippen LogP contribution in [0, 0.1) is 0 Å². The molecule has 108 valence electrons. The Bertz CT molecular complexity index is 546. The van der Waals surface area contributed by atoms with Gasteiger partial charge in [0.2, 0.25) is 5.91 Å². The molecule has 1 aromatic rings. The van der Waals surface area contributed by atoms with Crippen LogP contribution in [0.5, 0.6) is 0 Å². The fourth-order valence-corrected chi connectivity index (χ4v) is 3.82. The summed E-state index contributed by atoms with van der Waals surface area (Å²) in [6.07, 6.45) is 3.77. The Kier molecular flexibility index (Phi) is 3.73. The Morgan fingerprint density at radius 2 is 2.20 bits per heavy atom. The van der Waals surface area contributed by atoms with E-state index >= 15 is 0 Å². The second kappa shape index (κ2) is 5.37. The summed E-state index contributed by atoms with van der Waals surface area (Å²) in [5.41, 5.74) is 3.15. The SMILES string of the molecule is CNC1C(=O)Nc2cc(N3CCCCC3C)c(Br)cc21. The summed E-state index contributed by atoms with van der Waals surface area (Å²) >= 11 is 3.68. The lowest BCUT2D eigenvalue weighted by atomic mass is 10.0. The molecular weight excluding hydrogens is 318 g/mol. The molecule has 2 unspecified atom stereocenters. The summed E-state index contributed by atoms with van der Waals surface area (Å²) in [5, 5.41) is 6.03. The largest absolute Gasteiger partial charge is 0.368 e. The van der Waals surface area contributed by atoms with Crippen LogP contribution in [0.1, 0.15) is 37.8 Å². The van der Waals surface area contributed by atoms with Crippen molar-refractivity contribution in [3.63, 3.8) is 0 Å². The minimum absolute atomic E-state index is 0.0262. The van der Waals surface area contributed by atoms with Gasteiger partial charge in [-0.15, -0.1) is 0 Å². The molecule has 0 spiro atoms. The van der Waals surface area contributed by atoms with E-state index in [1.165, 1.54) is 24.9 Å². The number of amides is 1. The van der Waals surface area contributed by atoms with E-state index in [-0.39, 0.29) is 11.9 Å². The quantitative estimate of drug-likeness (QED) is 0.871. The Hall–Kier alpha value is -1.07. The van der Waals surface area contributed by atoms with E-state index in [0.29, 0.717) is 6.04 Å². The summed E-state index contributed by atoms with van der Waals surface area (Å²) in [6, 6.07) is 4.49. The Balaban J connectivity index is 1.99. The standard InChI is InChI=1S/C15H20BrN3O/c1-9-5-3-4-6-19(9)13-8-12-10(7-11(13)16)14(17-2)15(20)18-12/h7-9,14,17H,3-6H2,1-2H3,(H,18,20). The van der Waals surface area contributed by atoms with E-state index in [1.54, 1.807) is 0 Å². The fraction of sp³-hybridized carbons (Fsp3) is 0.533. The molecule has 0 aliphatic carbocycles. The second-order valence-corrected chi connectivity index (χ2v) is 6.49. The lowest BCUT2D eigenvalue weighted by Gasteiger charge is -2.36. The maximum atomic E-state index is 11.9. The van der Waals surface area contributed by atoms with Crippen molar-refractivity contribution < 1.29 is 4.79 Å². The van der Waals surface area contributed by atoms with Crippen molar-refractivity contribution in [3.05, 3.63) is 22.2 Å². The molecule has 1 amide bonds. The summed E-state index contributed by atoms with van der Waals surface area (Å²) in [5.74, 6) is 0.0262. The number of rotatable bonds is 2. The van der Waals surface area contributed by atoms with Gasteiger partial charge in [-0.2, -0.15) is 0 Å². The molecule has 2 N–H and O–H groups in total. The molecule has 2 atom stereocenters. The highest BCUT2D eigenvalue weighted by Crippen LogP contribution is 2.40. The number of nitrogens with one attached hydrogen (secondary N) is 2. The van der Waals surface area contributed by atoms with Gasteiger partial charge in [-0.25, -0.2) is 0 Å². The third kappa shape index (κ3) is 2.23. The molecule has 0 aromatic heterocycles. The van der Waals surface area contributed by atoms with E-state index in [9.17, 15) is 4.79 Å². The number of halogens is 1. The first kappa shape index (κ1) is 13.9. The van der Waals surface area contributed by atoms with E-state index in [2.05, 4.69) is 50.5 Å². The van der Waals surface area contributed by atoms with E-state index < -0.39 is 0 Å². The highest BCUT2D eigenvalue weighted by Gasteiger charge is 2.31. The summed E-state index contributed by atoms with van der Waals surface area (Å²) < 4.78 is 1.07. The molecule has 1 saturated heterocycles. The van der Waals surface area contributed by atoms with E-state index in [4.69, 9.17) is 0 Å². The van der Waals surface area contributed by atoms with Crippen LogP contribution in [-0.2, 0) is 4.79 Å². The average molecular weight is 338 g/mol. The lowest BCUT2D eigenvalue weighted by Crippen LogP contribution is -2.37. The Morgan fingerprint density at radius 1 is 1.40 bits per heavy atom. The van der Waals surface area contributed by atoms with Gasteiger partial charge in [0.1, 0.15) is 6.04 Å². The molecular formula is C15H20BrN3O. The van der Waals surface area contributed by atoms with Crippen molar-refractivity contribution >= 4 is 33.2 Å². The van der Waals surface area contributed by atoms with Gasteiger partial charge in [-0.1, -0.05) is 0 Å². The van der Waals surface area contributed by atoms with Crippen LogP contribution < -0.4 is 15.5 Å². The number of carbonyl (C=O) groups excluding carboxylic acids is 1. The van der Waals surface area contributed by atoms with Crippen LogP contribution in [0.3, 0.4) is 0 Å². The molecule has 5 heteroatoms. The molecule has 2 heterocycles. The average Bonchev–Trinajstić information content (AvgIpc) is 2.73. The van der Waals surface area contributed by atoms with Gasteiger partial charge in [0, 0.05) is 28.3 Å². The molecule has 0 bridgehead atoms. The fourth-order valence-electron chi connectivity index (χ4n) is 3.23. The predicted molar refractivity (Wildman–Crippen MR) is 85.2 cm³/mol. The molecule has 3 rings (SSSR count). The molecule has 0 radical (unpaired) electrons. The van der Waals surface area contributed by atoms with Crippen LogP contribution in [0.25, 0.3) is 0 Å². The van der Waals surface area contributed by atoms with Crippen molar-refractivity contribution in [2.24, 2.45) is 0 Å². The van der Waals surface area contributed by atoms with Gasteiger partial charge >= 0.3 is 0 Å². The van der Waals surface area contributed by atoms with E-state index in [1.807, 2.05) is 7.05 Å². The second-order valence-electron chi connectivity index (χ2n) is 5.64. The van der Waals surface area contributed by atoms with E-state index in [0.717, 1.165) is 22.3 Å². The summed E-state index contributed by atoms with van der Waals surface area (Å²) in [7, 11) is 1.81.